The van der Waals surface area contributed by atoms with Gasteiger partial charge in [0, 0.05) is 7.11 Å². The van der Waals surface area contributed by atoms with Crippen LogP contribution in [0.5, 0.6) is 0 Å². The van der Waals surface area contributed by atoms with Crippen LogP contribution in [-0.2, 0) is 9.53 Å². The topological polar surface area (TPSA) is 41.6 Å². The van der Waals surface area contributed by atoms with Gasteiger partial charge in [0.15, 0.2) is 0 Å². The molecule has 4 nitrogen and oxygen atoms in total. The highest BCUT2D eigenvalue weighted by Crippen LogP contribution is 2.34. The average molecular weight is 282 g/mol. The quantitative estimate of drug-likeness (QED) is 0.813. The van der Waals surface area contributed by atoms with Crippen molar-refractivity contribution in [2.75, 3.05) is 13.7 Å². The molecule has 1 heterocycles. The van der Waals surface area contributed by atoms with Gasteiger partial charge in [-0.25, -0.2) is 0 Å². The van der Waals surface area contributed by atoms with Gasteiger partial charge in [0.05, 0.1) is 24.9 Å². The number of nitrogens with one attached hydrogen (secondary N) is 1. The van der Waals surface area contributed by atoms with Crippen molar-refractivity contribution in [1.29, 1.82) is 0 Å². The van der Waals surface area contributed by atoms with Gasteiger partial charge in [-0.05, 0) is 31.1 Å². The molecule has 1 saturated carbocycles. The molecular weight excluding hydrogens is 252 g/mol. The normalized spacial score (nSPS) is 29.6. The van der Waals surface area contributed by atoms with E-state index in [1.165, 1.54) is 25.7 Å². The monoisotopic (exact) mass is 282 g/mol. The van der Waals surface area contributed by atoms with E-state index in [0.29, 0.717) is 18.4 Å². The number of ether oxygens (including phenoxy) is 1. The Labute approximate surface area is 123 Å². The standard InChI is InChI=1S/C16H30N2O2/c1-5-13-16(19)18(14(10-20-4)11(2)3)15(17-13)12-8-6-7-9-12/h11-15,17H,5-10H2,1-4H3. The fourth-order valence-corrected chi connectivity index (χ4v) is 3.74. The van der Waals surface area contributed by atoms with Crippen molar-refractivity contribution in [2.24, 2.45) is 11.8 Å². The van der Waals surface area contributed by atoms with Crippen LogP contribution in [0.25, 0.3) is 0 Å². The fraction of sp³-hybridized carbons (Fsp3) is 0.938. The first-order valence-electron chi connectivity index (χ1n) is 8.17. The largest absolute Gasteiger partial charge is 0.383 e. The highest BCUT2D eigenvalue weighted by atomic mass is 16.5. The summed E-state index contributed by atoms with van der Waals surface area (Å²) in [6, 6.07) is 0.181. The molecule has 2 fully saturated rings. The van der Waals surface area contributed by atoms with Gasteiger partial charge in [-0.15, -0.1) is 0 Å². The fourth-order valence-electron chi connectivity index (χ4n) is 3.74. The Kier molecular flexibility index (Phi) is 5.44. The summed E-state index contributed by atoms with van der Waals surface area (Å²) in [6.07, 6.45) is 6.19. The maximum atomic E-state index is 12.7. The maximum Gasteiger partial charge on any atom is 0.241 e. The van der Waals surface area contributed by atoms with E-state index in [1.54, 1.807) is 7.11 Å². The molecule has 2 rings (SSSR count). The lowest BCUT2D eigenvalue weighted by atomic mass is 9.98. The van der Waals surface area contributed by atoms with Crippen molar-refractivity contribution in [3.63, 3.8) is 0 Å². The molecule has 1 amide bonds. The van der Waals surface area contributed by atoms with Crippen LogP contribution in [-0.4, -0.2) is 42.8 Å². The van der Waals surface area contributed by atoms with Crippen LogP contribution in [0.1, 0.15) is 52.9 Å². The third-order valence-electron chi connectivity index (χ3n) is 4.94. The summed E-state index contributed by atoms with van der Waals surface area (Å²) in [5.41, 5.74) is 0. The first-order valence-corrected chi connectivity index (χ1v) is 8.17. The molecular formula is C16H30N2O2. The van der Waals surface area contributed by atoms with Gasteiger partial charge in [-0.1, -0.05) is 33.6 Å². The van der Waals surface area contributed by atoms with Crippen LogP contribution < -0.4 is 5.32 Å². The van der Waals surface area contributed by atoms with Gasteiger partial charge < -0.3 is 9.64 Å². The summed E-state index contributed by atoms with van der Waals surface area (Å²) in [4.78, 5) is 14.9. The van der Waals surface area contributed by atoms with Crippen molar-refractivity contribution in [1.82, 2.24) is 10.2 Å². The summed E-state index contributed by atoms with van der Waals surface area (Å²) in [6.45, 7) is 7.08. The van der Waals surface area contributed by atoms with Gasteiger partial charge in [0.1, 0.15) is 0 Å². The number of amides is 1. The first kappa shape index (κ1) is 15.8. The molecule has 2 aliphatic rings. The Bertz CT molecular complexity index is 326. The van der Waals surface area contributed by atoms with Crippen molar-refractivity contribution in [3.8, 4) is 0 Å². The SMILES string of the molecule is CCC1NC(C2CCCC2)N(C(COC)C(C)C)C1=O. The lowest BCUT2D eigenvalue weighted by Gasteiger charge is -2.37. The average Bonchev–Trinajstić information content (AvgIpc) is 3.03. The van der Waals surface area contributed by atoms with Crippen molar-refractivity contribution < 1.29 is 9.53 Å². The van der Waals surface area contributed by atoms with Gasteiger partial charge in [0.25, 0.3) is 0 Å². The molecule has 3 atom stereocenters. The predicted molar refractivity (Wildman–Crippen MR) is 80.3 cm³/mol. The Hall–Kier alpha value is -0.610. The Morgan fingerprint density at radius 2 is 2.00 bits per heavy atom. The zero-order chi connectivity index (χ0) is 14.7. The lowest BCUT2D eigenvalue weighted by molar-refractivity contribution is -0.135. The Balaban J connectivity index is 2.20. The van der Waals surface area contributed by atoms with Crippen LogP contribution in [0.3, 0.4) is 0 Å². The van der Waals surface area contributed by atoms with E-state index >= 15 is 0 Å². The lowest BCUT2D eigenvalue weighted by Crippen LogP contribution is -2.51. The molecule has 0 spiro atoms. The zero-order valence-electron chi connectivity index (χ0n) is 13.4. The summed E-state index contributed by atoms with van der Waals surface area (Å²) < 4.78 is 5.38. The molecule has 4 heteroatoms. The van der Waals surface area contributed by atoms with Crippen LogP contribution in [0, 0.1) is 11.8 Å². The highest BCUT2D eigenvalue weighted by molar-refractivity contribution is 5.84. The third-order valence-corrected chi connectivity index (χ3v) is 4.94. The highest BCUT2D eigenvalue weighted by Gasteiger charge is 2.45. The Morgan fingerprint density at radius 3 is 2.50 bits per heavy atom. The van der Waals surface area contributed by atoms with Crippen LogP contribution in [0.4, 0.5) is 0 Å². The van der Waals surface area contributed by atoms with Crippen LogP contribution in [0.15, 0.2) is 0 Å². The number of carbonyl (C=O) groups excluding carboxylic acids is 1. The maximum absolute atomic E-state index is 12.7. The first-order chi connectivity index (χ1) is 9.60. The predicted octanol–water partition coefficient (Wildman–Crippen LogP) is 2.38. The van der Waals surface area contributed by atoms with E-state index in [9.17, 15) is 4.79 Å². The molecule has 0 aromatic carbocycles. The van der Waals surface area contributed by atoms with Crippen LogP contribution in [0.2, 0.25) is 0 Å². The van der Waals surface area contributed by atoms with Crippen molar-refractivity contribution in [2.45, 2.75) is 71.1 Å². The minimum absolute atomic E-state index is 0.00120. The molecule has 116 valence electrons. The number of rotatable bonds is 6. The third kappa shape index (κ3) is 3.01. The molecule has 0 radical (unpaired) electrons. The summed E-state index contributed by atoms with van der Waals surface area (Å²) in [5.74, 6) is 1.31. The summed E-state index contributed by atoms with van der Waals surface area (Å²) in [5, 5.41) is 3.60. The van der Waals surface area contributed by atoms with Crippen LogP contribution >= 0.6 is 0 Å². The molecule has 0 bridgehead atoms. The second-order valence-corrected chi connectivity index (χ2v) is 6.63. The van der Waals surface area contributed by atoms with E-state index in [0.717, 1.165) is 6.42 Å². The van der Waals surface area contributed by atoms with Gasteiger partial charge >= 0.3 is 0 Å². The minimum Gasteiger partial charge on any atom is -0.383 e. The number of carbonyl (C=O) groups is 1. The molecule has 1 N–H and O–H groups in total. The Morgan fingerprint density at radius 1 is 1.35 bits per heavy atom. The van der Waals surface area contributed by atoms with Gasteiger partial charge in [-0.3, -0.25) is 10.1 Å². The number of methoxy groups -OCH3 is 1. The smallest absolute Gasteiger partial charge is 0.241 e. The number of hydrogen-bond donors (Lipinski definition) is 1. The van der Waals surface area contributed by atoms with Crippen molar-refractivity contribution in [3.05, 3.63) is 0 Å². The molecule has 0 aromatic rings. The number of nitrogens with zero attached hydrogens (tertiary/aromatic N) is 1. The molecule has 0 aromatic heterocycles. The van der Waals surface area contributed by atoms with E-state index in [1.807, 2.05) is 0 Å². The second-order valence-electron chi connectivity index (χ2n) is 6.63. The van der Waals surface area contributed by atoms with E-state index in [4.69, 9.17) is 4.74 Å². The number of hydrogen-bond acceptors (Lipinski definition) is 3. The molecule has 1 aliphatic carbocycles. The molecule has 20 heavy (non-hydrogen) atoms. The van der Waals surface area contributed by atoms with Gasteiger partial charge in [0.2, 0.25) is 5.91 Å². The zero-order valence-corrected chi connectivity index (χ0v) is 13.4. The van der Waals surface area contributed by atoms with Gasteiger partial charge in [-0.2, -0.15) is 0 Å². The van der Waals surface area contributed by atoms with Crippen molar-refractivity contribution >= 4 is 5.91 Å². The van der Waals surface area contributed by atoms with E-state index in [-0.39, 0.29) is 24.2 Å². The van der Waals surface area contributed by atoms with E-state index in [2.05, 4.69) is 31.0 Å². The molecule has 1 aliphatic heterocycles. The molecule has 3 unspecified atom stereocenters. The van der Waals surface area contributed by atoms with E-state index < -0.39 is 0 Å². The summed E-state index contributed by atoms with van der Waals surface area (Å²) >= 11 is 0. The summed E-state index contributed by atoms with van der Waals surface area (Å²) in [7, 11) is 1.73. The second kappa shape index (κ2) is 6.90. The molecule has 1 saturated heterocycles. The minimum atomic E-state index is -0.00120.